The zero-order valence-electron chi connectivity index (χ0n) is 12.2. The fourth-order valence-electron chi connectivity index (χ4n) is 3.25. The van der Waals surface area contributed by atoms with Crippen molar-refractivity contribution in [2.45, 2.75) is 32.2 Å². The number of benzene rings is 1. The highest BCUT2D eigenvalue weighted by Crippen LogP contribution is 2.32. The van der Waals surface area contributed by atoms with E-state index in [1.807, 2.05) is 12.1 Å². The van der Waals surface area contributed by atoms with Gasteiger partial charge >= 0.3 is 0 Å². The molecule has 2 aromatic rings. The third-order valence-corrected chi connectivity index (χ3v) is 4.82. The first-order chi connectivity index (χ1) is 10.2. The molecule has 1 aliphatic heterocycles. The Morgan fingerprint density at radius 2 is 2.14 bits per heavy atom. The summed E-state index contributed by atoms with van der Waals surface area (Å²) in [5.74, 6) is 2.26. The van der Waals surface area contributed by atoms with E-state index in [4.69, 9.17) is 32.9 Å². The molecule has 5 heteroatoms. The van der Waals surface area contributed by atoms with Crippen LogP contribution in [0.3, 0.4) is 0 Å². The molecule has 21 heavy (non-hydrogen) atoms. The topological polar surface area (TPSA) is 27.1 Å². The lowest BCUT2D eigenvalue weighted by Crippen LogP contribution is -2.25. The van der Waals surface area contributed by atoms with Crippen LogP contribution in [0.15, 0.2) is 18.2 Å². The van der Waals surface area contributed by atoms with Crippen LogP contribution >= 0.6 is 23.2 Å². The zero-order valence-corrected chi connectivity index (χ0v) is 13.7. The number of aromatic nitrogens is 2. The number of hydrogen-bond donors (Lipinski definition) is 0. The fourth-order valence-corrected chi connectivity index (χ4v) is 3.58. The number of halogens is 2. The molecule has 0 amide bonds. The van der Waals surface area contributed by atoms with Gasteiger partial charge in [0.25, 0.3) is 0 Å². The number of rotatable bonds is 4. The molecule has 0 spiro atoms. The molecule has 0 aliphatic carbocycles. The van der Waals surface area contributed by atoms with Crippen LogP contribution in [0.1, 0.15) is 31.6 Å². The standard InChI is InChI=1S/C16H20Cl2N2O/c1-11(12-5-8-21-9-6-12)20-15-3-2-13(18)10-14(15)19-16(20)4-7-17/h2-3,10-12H,4-9H2,1H3. The Bertz CT molecular complexity index is 620. The number of fused-ring (bicyclic) bond motifs is 1. The van der Waals surface area contributed by atoms with Gasteiger partial charge in [-0.3, -0.25) is 0 Å². The molecular formula is C16H20Cl2N2O. The van der Waals surface area contributed by atoms with Crippen molar-refractivity contribution < 1.29 is 4.74 Å². The van der Waals surface area contributed by atoms with Gasteiger partial charge in [-0.15, -0.1) is 11.6 Å². The second kappa shape index (κ2) is 6.55. The number of aryl methyl sites for hydroxylation is 1. The first-order valence-corrected chi connectivity index (χ1v) is 8.42. The van der Waals surface area contributed by atoms with Crippen molar-refractivity contribution in [1.29, 1.82) is 0 Å². The first kappa shape index (κ1) is 15.1. The second-order valence-corrected chi connectivity index (χ2v) is 6.47. The molecule has 2 heterocycles. The Hall–Kier alpha value is -0.770. The van der Waals surface area contributed by atoms with Crippen LogP contribution in [0, 0.1) is 5.92 Å². The molecular weight excluding hydrogens is 307 g/mol. The van der Waals surface area contributed by atoms with Crippen molar-refractivity contribution in [3.63, 3.8) is 0 Å². The highest BCUT2D eigenvalue weighted by atomic mass is 35.5. The molecule has 1 atom stereocenters. The van der Waals surface area contributed by atoms with Gasteiger partial charge in [-0.05, 0) is 43.9 Å². The summed E-state index contributed by atoms with van der Waals surface area (Å²) in [5, 5.41) is 0.725. The molecule has 3 nitrogen and oxygen atoms in total. The molecule has 114 valence electrons. The van der Waals surface area contributed by atoms with Crippen LogP contribution in [0.2, 0.25) is 5.02 Å². The lowest BCUT2D eigenvalue weighted by atomic mass is 9.92. The highest BCUT2D eigenvalue weighted by Gasteiger charge is 2.25. The minimum absolute atomic E-state index is 0.401. The molecule has 1 aromatic heterocycles. The molecule has 0 bridgehead atoms. The summed E-state index contributed by atoms with van der Waals surface area (Å²) < 4.78 is 7.84. The van der Waals surface area contributed by atoms with Crippen LogP contribution in [-0.2, 0) is 11.2 Å². The lowest BCUT2D eigenvalue weighted by Gasteiger charge is -2.30. The summed E-state index contributed by atoms with van der Waals surface area (Å²) >= 11 is 12.1. The fraction of sp³-hybridized carbons (Fsp3) is 0.562. The predicted molar refractivity (Wildman–Crippen MR) is 87.4 cm³/mol. The highest BCUT2D eigenvalue weighted by molar-refractivity contribution is 6.31. The Balaban J connectivity index is 2.03. The smallest absolute Gasteiger partial charge is 0.111 e. The molecule has 1 aromatic carbocycles. The van der Waals surface area contributed by atoms with Gasteiger partial charge in [0.1, 0.15) is 5.82 Å². The van der Waals surface area contributed by atoms with Gasteiger partial charge in [0.05, 0.1) is 11.0 Å². The summed E-state index contributed by atoms with van der Waals surface area (Å²) in [4.78, 5) is 4.74. The van der Waals surface area contributed by atoms with Crippen LogP contribution < -0.4 is 0 Å². The van der Waals surface area contributed by atoms with E-state index in [1.165, 1.54) is 0 Å². The number of hydrogen-bond acceptors (Lipinski definition) is 2. The molecule has 1 fully saturated rings. The summed E-state index contributed by atoms with van der Waals surface area (Å²) in [6, 6.07) is 6.34. The van der Waals surface area contributed by atoms with E-state index in [2.05, 4.69) is 17.6 Å². The van der Waals surface area contributed by atoms with E-state index in [-0.39, 0.29) is 0 Å². The van der Waals surface area contributed by atoms with Crippen LogP contribution in [0.4, 0.5) is 0 Å². The van der Waals surface area contributed by atoms with Crippen molar-refractivity contribution in [2.24, 2.45) is 5.92 Å². The third-order valence-electron chi connectivity index (χ3n) is 4.40. The maximum Gasteiger partial charge on any atom is 0.111 e. The quantitative estimate of drug-likeness (QED) is 0.775. The van der Waals surface area contributed by atoms with Crippen molar-refractivity contribution in [1.82, 2.24) is 9.55 Å². The minimum Gasteiger partial charge on any atom is -0.381 e. The van der Waals surface area contributed by atoms with E-state index in [0.29, 0.717) is 17.8 Å². The maximum atomic E-state index is 6.09. The Kier molecular flexibility index (Phi) is 4.72. The van der Waals surface area contributed by atoms with E-state index < -0.39 is 0 Å². The lowest BCUT2D eigenvalue weighted by molar-refractivity contribution is 0.0515. The van der Waals surface area contributed by atoms with Crippen LogP contribution in [0.25, 0.3) is 11.0 Å². The summed E-state index contributed by atoms with van der Waals surface area (Å²) in [6.07, 6.45) is 2.99. The number of nitrogens with zero attached hydrogens (tertiary/aromatic N) is 2. The number of ether oxygens (including phenoxy) is 1. The molecule has 1 aliphatic rings. The Labute approximate surface area is 135 Å². The van der Waals surface area contributed by atoms with Gasteiger partial charge in [0.15, 0.2) is 0 Å². The van der Waals surface area contributed by atoms with Crippen molar-refractivity contribution in [2.75, 3.05) is 19.1 Å². The van der Waals surface area contributed by atoms with E-state index >= 15 is 0 Å². The molecule has 1 saturated heterocycles. The van der Waals surface area contributed by atoms with E-state index in [1.54, 1.807) is 0 Å². The van der Waals surface area contributed by atoms with Gasteiger partial charge in [0, 0.05) is 36.6 Å². The molecule has 0 saturated carbocycles. The molecule has 1 unspecified atom stereocenters. The monoisotopic (exact) mass is 326 g/mol. The predicted octanol–water partition coefficient (Wildman–Crippen LogP) is 4.46. The van der Waals surface area contributed by atoms with Crippen LogP contribution in [0.5, 0.6) is 0 Å². The maximum absolute atomic E-state index is 6.09. The zero-order chi connectivity index (χ0) is 14.8. The minimum atomic E-state index is 0.401. The van der Waals surface area contributed by atoms with Crippen molar-refractivity contribution in [3.05, 3.63) is 29.0 Å². The van der Waals surface area contributed by atoms with E-state index in [0.717, 1.165) is 54.4 Å². The normalized spacial score (nSPS) is 18.2. The Morgan fingerprint density at radius 3 is 2.86 bits per heavy atom. The third kappa shape index (κ3) is 3.05. The number of alkyl halides is 1. The molecule has 0 radical (unpaired) electrons. The average Bonchev–Trinajstić information content (AvgIpc) is 2.85. The first-order valence-electron chi connectivity index (χ1n) is 7.50. The van der Waals surface area contributed by atoms with Gasteiger partial charge in [-0.1, -0.05) is 11.6 Å². The summed E-state index contributed by atoms with van der Waals surface area (Å²) in [6.45, 7) is 4.00. The largest absolute Gasteiger partial charge is 0.381 e. The Morgan fingerprint density at radius 1 is 1.38 bits per heavy atom. The molecule has 0 N–H and O–H groups in total. The van der Waals surface area contributed by atoms with Gasteiger partial charge in [0.2, 0.25) is 0 Å². The second-order valence-electron chi connectivity index (χ2n) is 5.66. The van der Waals surface area contributed by atoms with Crippen LogP contribution in [-0.4, -0.2) is 28.6 Å². The number of imidazole rings is 1. The summed E-state index contributed by atoms with van der Waals surface area (Å²) in [5.41, 5.74) is 2.11. The molecule has 3 rings (SSSR count). The van der Waals surface area contributed by atoms with E-state index in [9.17, 15) is 0 Å². The summed E-state index contributed by atoms with van der Waals surface area (Å²) in [7, 11) is 0. The van der Waals surface area contributed by atoms with Gasteiger partial charge in [-0.2, -0.15) is 0 Å². The van der Waals surface area contributed by atoms with Gasteiger partial charge < -0.3 is 9.30 Å². The van der Waals surface area contributed by atoms with Gasteiger partial charge in [-0.25, -0.2) is 4.98 Å². The van der Waals surface area contributed by atoms with Crippen molar-refractivity contribution in [3.8, 4) is 0 Å². The average molecular weight is 327 g/mol. The SMILES string of the molecule is CC(C1CCOCC1)n1c(CCCl)nc2cc(Cl)ccc21. The van der Waals surface area contributed by atoms with Crippen molar-refractivity contribution >= 4 is 34.2 Å².